The molecular weight excluding hydrogens is 310 g/mol. The molecule has 8 nitrogen and oxygen atoms in total. The Morgan fingerprint density at radius 3 is 2.83 bits per heavy atom. The molecule has 1 amide bonds. The van der Waals surface area contributed by atoms with Crippen LogP contribution in [0.4, 0.5) is 0 Å². The topological polar surface area (TPSA) is 134 Å². The smallest absolute Gasteiger partial charge is 0.327 e. The minimum Gasteiger partial charge on any atom is -0.348 e. The quantitative estimate of drug-likeness (QED) is 0.636. The molecule has 128 valence electrons. The van der Waals surface area contributed by atoms with Gasteiger partial charge in [-0.05, 0) is 43.9 Å². The van der Waals surface area contributed by atoms with E-state index in [9.17, 15) is 14.4 Å². The molecule has 2 heterocycles. The number of aromatic nitrogens is 3. The minimum atomic E-state index is -0.646. The number of hydrogen-bond donors (Lipinski definition) is 4. The summed E-state index contributed by atoms with van der Waals surface area (Å²) in [6.07, 6.45) is 4.10. The molecule has 0 spiro atoms. The third-order valence-electron chi connectivity index (χ3n) is 4.66. The number of nitrogens with one attached hydrogen (secondary N) is 3. The van der Waals surface area contributed by atoms with E-state index in [1.165, 1.54) is 0 Å². The second kappa shape index (κ2) is 6.56. The summed E-state index contributed by atoms with van der Waals surface area (Å²) in [6.45, 7) is 2.25. The van der Waals surface area contributed by atoms with E-state index >= 15 is 0 Å². The maximum absolute atomic E-state index is 12.5. The zero-order valence-corrected chi connectivity index (χ0v) is 13.5. The van der Waals surface area contributed by atoms with E-state index in [4.69, 9.17) is 5.73 Å². The van der Waals surface area contributed by atoms with E-state index in [0.29, 0.717) is 12.1 Å². The van der Waals surface area contributed by atoms with Gasteiger partial charge in [0.05, 0.1) is 5.39 Å². The van der Waals surface area contributed by atoms with Crippen LogP contribution in [0.5, 0.6) is 0 Å². The van der Waals surface area contributed by atoms with E-state index < -0.39 is 11.2 Å². The maximum atomic E-state index is 12.5. The van der Waals surface area contributed by atoms with Gasteiger partial charge in [0.1, 0.15) is 11.3 Å². The third-order valence-corrected chi connectivity index (χ3v) is 4.66. The lowest BCUT2D eigenvalue weighted by Gasteiger charge is -2.31. The Morgan fingerprint density at radius 1 is 1.33 bits per heavy atom. The monoisotopic (exact) mass is 331 g/mol. The number of amides is 1. The standard InChI is InChI=1S/C16H21N5O3/c1-8-6-11(18-13-12(8)15(23)21-16(24)20-13)14(22)19-10-5-3-2-4-9(10)7-17/h6,9-10H,2-5,7,17H2,1H3,(H,19,22)(H2,18,20,21,23,24). The predicted molar refractivity (Wildman–Crippen MR) is 90.0 cm³/mol. The molecule has 2 atom stereocenters. The molecule has 1 saturated carbocycles. The van der Waals surface area contributed by atoms with Gasteiger partial charge in [0, 0.05) is 6.04 Å². The SMILES string of the molecule is Cc1cc(C(=O)NC2CCCCC2CN)nc2[nH]c(=O)[nH]c(=O)c12. The Labute approximate surface area is 137 Å². The summed E-state index contributed by atoms with van der Waals surface area (Å²) in [4.78, 5) is 44.6. The van der Waals surface area contributed by atoms with Crippen LogP contribution in [0.3, 0.4) is 0 Å². The van der Waals surface area contributed by atoms with Crippen LogP contribution in [0.25, 0.3) is 11.0 Å². The minimum absolute atomic E-state index is 0.0345. The number of H-pyrrole nitrogens is 2. The van der Waals surface area contributed by atoms with E-state index in [1.807, 2.05) is 0 Å². The van der Waals surface area contributed by atoms with Gasteiger partial charge in [0.25, 0.3) is 11.5 Å². The zero-order valence-electron chi connectivity index (χ0n) is 13.5. The number of aryl methyl sites for hydroxylation is 1. The van der Waals surface area contributed by atoms with Crippen molar-refractivity contribution in [2.24, 2.45) is 11.7 Å². The number of rotatable bonds is 3. The highest BCUT2D eigenvalue weighted by Crippen LogP contribution is 2.24. The number of carbonyl (C=O) groups excluding carboxylic acids is 1. The van der Waals surface area contributed by atoms with Crippen LogP contribution in [0.15, 0.2) is 15.7 Å². The Hall–Kier alpha value is -2.48. The second-order valence-electron chi connectivity index (χ2n) is 6.32. The lowest BCUT2D eigenvalue weighted by Crippen LogP contribution is -2.45. The van der Waals surface area contributed by atoms with Crippen molar-refractivity contribution in [3.63, 3.8) is 0 Å². The molecule has 1 fully saturated rings. The summed E-state index contributed by atoms with van der Waals surface area (Å²) in [5.74, 6) is -0.0432. The third kappa shape index (κ3) is 3.09. The van der Waals surface area contributed by atoms with Crippen LogP contribution in [-0.4, -0.2) is 33.4 Å². The Kier molecular flexibility index (Phi) is 4.48. The van der Waals surface area contributed by atoms with Crippen molar-refractivity contribution in [2.45, 2.75) is 38.6 Å². The molecule has 0 aliphatic heterocycles. The number of nitrogens with zero attached hydrogens (tertiary/aromatic N) is 1. The summed E-state index contributed by atoms with van der Waals surface area (Å²) >= 11 is 0. The number of hydrogen-bond acceptors (Lipinski definition) is 5. The molecule has 3 rings (SSSR count). The second-order valence-corrected chi connectivity index (χ2v) is 6.32. The summed E-state index contributed by atoms with van der Waals surface area (Å²) in [5.41, 5.74) is 5.52. The van der Waals surface area contributed by atoms with Gasteiger partial charge >= 0.3 is 5.69 Å². The summed E-state index contributed by atoms with van der Waals surface area (Å²) in [7, 11) is 0. The Balaban J connectivity index is 1.92. The van der Waals surface area contributed by atoms with Crippen molar-refractivity contribution in [2.75, 3.05) is 6.54 Å². The van der Waals surface area contributed by atoms with Crippen LogP contribution in [-0.2, 0) is 0 Å². The molecule has 0 saturated heterocycles. The van der Waals surface area contributed by atoms with Gasteiger partial charge < -0.3 is 11.1 Å². The largest absolute Gasteiger partial charge is 0.348 e. The van der Waals surface area contributed by atoms with Gasteiger partial charge in [-0.25, -0.2) is 9.78 Å². The van der Waals surface area contributed by atoms with Gasteiger partial charge in [0.15, 0.2) is 0 Å². The molecule has 2 unspecified atom stereocenters. The van der Waals surface area contributed by atoms with Crippen molar-refractivity contribution in [1.29, 1.82) is 0 Å². The van der Waals surface area contributed by atoms with Crippen LogP contribution in [0.1, 0.15) is 41.7 Å². The van der Waals surface area contributed by atoms with Gasteiger partial charge in [-0.3, -0.25) is 19.6 Å². The average molecular weight is 331 g/mol. The molecule has 8 heteroatoms. The number of carbonyl (C=O) groups is 1. The number of fused-ring (bicyclic) bond motifs is 1. The van der Waals surface area contributed by atoms with E-state index in [2.05, 4.69) is 20.3 Å². The van der Waals surface area contributed by atoms with Crippen molar-refractivity contribution in [1.82, 2.24) is 20.3 Å². The highest BCUT2D eigenvalue weighted by molar-refractivity contribution is 5.95. The van der Waals surface area contributed by atoms with Crippen molar-refractivity contribution >= 4 is 16.9 Å². The summed E-state index contributed by atoms with van der Waals surface area (Å²) in [6, 6.07) is 1.60. The zero-order chi connectivity index (χ0) is 17.3. The molecule has 1 aliphatic carbocycles. The van der Waals surface area contributed by atoms with Crippen LogP contribution >= 0.6 is 0 Å². The fraction of sp³-hybridized carbons (Fsp3) is 0.500. The first kappa shape index (κ1) is 16.4. The van der Waals surface area contributed by atoms with Crippen molar-refractivity contribution in [3.05, 3.63) is 38.2 Å². The highest BCUT2D eigenvalue weighted by Gasteiger charge is 2.26. The highest BCUT2D eigenvalue weighted by atomic mass is 16.2. The number of aromatic amines is 2. The fourth-order valence-electron chi connectivity index (χ4n) is 3.39. The first-order chi connectivity index (χ1) is 11.5. The molecule has 5 N–H and O–H groups in total. The van der Waals surface area contributed by atoms with Crippen LogP contribution < -0.4 is 22.3 Å². The van der Waals surface area contributed by atoms with E-state index in [1.54, 1.807) is 13.0 Å². The molecular formula is C16H21N5O3. The normalized spacial score (nSPS) is 20.9. The van der Waals surface area contributed by atoms with Gasteiger partial charge in [-0.15, -0.1) is 0 Å². The van der Waals surface area contributed by atoms with Crippen molar-refractivity contribution in [3.8, 4) is 0 Å². The first-order valence-corrected chi connectivity index (χ1v) is 8.14. The lowest BCUT2D eigenvalue weighted by atomic mass is 9.84. The molecule has 24 heavy (non-hydrogen) atoms. The van der Waals surface area contributed by atoms with E-state index in [0.717, 1.165) is 25.7 Å². The number of nitrogens with two attached hydrogens (primary N) is 1. The van der Waals surface area contributed by atoms with Crippen LogP contribution in [0, 0.1) is 12.8 Å². The van der Waals surface area contributed by atoms with Gasteiger partial charge in [0.2, 0.25) is 0 Å². The van der Waals surface area contributed by atoms with Gasteiger partial charge in [-0.2, -0.15) is 0 Å². The maximum Gasteiger partial charge on any atom is 0.327 e. The Bertz CT molecular complexity index is 885. The molecule has 1 aliphatic rings. The fourth-order valence-corrected chi connectivity index (χ4v) is 3.39. The Morgan fingerprint density at radius 2 is 2.08 bits per heavy atom. The predicted octanol–water partition coefficient (Wildman–Crippen LogP) is 0.167. The molecule has 2 aromatic heterocycles. The van der Waals surface area contributed by atoms with Gasteiger partial charge in [-0.1, -0.05) is 12.8 Å². The van der Waals surface area contributed by atoms with Crippen molar-refractivity contribution < 1.29 is 4.79 Å². The molecule has 2 aromatic rings. The molecule has 0 aromatic carbocycles. The molecule has 0 radical (unpaired) electrons. The summed E-state index contributed by atoms with van der Waals surface area (Å²) in [5, 5.41) is 3.28. The lowest BCUT2D eigenvalue weighted by molar-refractivity contribution is 0.0903. The summed E-state index contributed by atoms with van der Waals surface area (Å²) < 4.78 is 0. The van der Waals surface area contributed by atoms with E-state index in [-0.39, 0.29) is 34.6 Å². The average Bonchev–Trinajstić information content (AvgIpc) is 2.54. The first-order valence-electron chi connectivity index (χ1n) is 8.14. The van der Waals surface area contributed by atoms with Crippen LogP contribution in [0.2, 0.25) is 0 Å². The molecule has 0 bridgehead atoms. The number of pyridine rings is 1.